The van der Waals surface area contributed by atoms with E-state index >= 15 is 0 Å². The Hall–Kier alpha value is -7.91. The maximum Gasteiger partial charge on any atom is 0.164 e. The molecule has 0 amide bonds. The summed E-state index contributed by atoms with van der Waals surface area (Å²) in [6.07, 6.45) is 0. The summed E-state index contributed by atoms with van der Waals surface area (Å²) in [6.45, 7) is 0. The minimum absolute atomic E-state index is 0.586. The fourth-order valence-corrected chi connectivity index (χ4v) is 11.0. The second-order valence-corrected chi connectivity index (χ2v) is 16.8. The second kappa shape index (κ2) is 14.4. The Bertz CT molecular complexity index is 3370. The molecule has 0 fully saturated rings. The average molecular weight is 807 g/mol. The van der Waals surface area contributed by atoms with Crippen LogP contribution in [0.3, 0.4) is 0 Å². The summed E-state index contributed by atoms with van der Waals surface area (Å²) in [5.74, 6) is 1.91. The van der Waals surface area contributed by atoms with Gasteiger partial charge in [0.25, 0.3) is 0 Å². The number of nitriles is 1. The van der Waals surface area contributed by atoms with Crippen molar-refractivity contribution in [3.8, 4) is 73.6 Å². The molecule has 9 aromatic carbocycles. The van der Waals surface area contributed by atoms with Gasteiger partial charge in [-0.25, -0.2) is 15.0 Å². The first-order valence-corrected chi connectivity index (χ1v) is 21.6. The molecule has 0 saturated carbocycles. The van der Waals surface area contributed by atoms with Crippen LogP contribution in [0.25, 0.3) is 78.3 Å². The summed E-state index contributed by atoms with van der Waals surface area (Å²) in [7, 11) is 0. The maximum atomic E-state index is 9.61. The van der Waals surface area contributed by atoms with Gasteiger partial charge in [-0.05, 0) is 90.7 Å². The van der Waals surface area contributed by atoms with Crippen molar-refractivity contribution in [2.75, 3.05) is 0 Å². The van der Waals surface area contributed by atoms with E-state index in [0.29, 0.717) is 23.0 Å². The van der Waals surface area contributed by atoms with Crippen molar-refractivity contribution in [3.63, 3.8) is 0 Å². The molecule has 0 N–H and O–H groups in total. The van der Waals surface area contributed by atoms with E-state index in [-0.39, 0.29) is 0 Å². The third-order valence-electron chi connectivity index (χ3n) is 12.4. The first-order chi connectivity index (χ1) is 30.7. The lowest BCUT2D eigenvalue weighted by Gasteiger charge is -2.40. The van der Waals surface area contributed by atoms with Crippen molar-refractivity contribution in [1.29, 1.82) is 5.26 Å². The Morgan fingerprint density at radius 2 is 0.887 bits per heavy atom. The van der Waals surface area contributed by atoms with Crippen LogP contribution in [0.15, 0.2) is 216 Å². The van der Waals surface area contributed by atoms with Gasteiger partial charge in [-0.15, -0.1) is 0 Å². The van der Waals surface area contributed by atoms with Crippen LogP contribution < -0.4 is 0 Å². The summed E-state index contributed by atoms with van der Waals surface area (Å²) in [6, 6.07) is 75.3. The Balaban J connectivity index is 1.07. The van der Waals surface area contributed by atoms with Gasteiger partial charge < -0.3 is 0 Å². The predicted octanol–water partition coefficient (Wildman–Crippen LogP) is 14.1. The van der Waals surface area contributed by atoms with Gasteiger partial charge in [0.1, 0.15) is 0 Å². The molecule has 2 heterocycles. The van der Waals surface area contributed by atoms with Crippen LogP contribution >= 0.6 is 11.8 Å². The maximum absolute atomic E-state index is 9.61. The highest BCUT2D eigenvalue weighted by Crippen LogP contribution is 2.64. The van der Waals surface area contributed by atoms with Crippen LogP contribution in [0.4, 0.5) is 0 Å². The van der Waals surface area contributed by atoms with Gasteiger partial charge in [-0.3, -0.25) is 0 Å². The topological polar surface area (TPSA) is 62.5 Å². The highest BCUT2D eigenvalue weighted by Gasteiger charge is 2.51. The van der Waals surface area contributed by atoms with Crippen molar-refractivity contribution in [2.24, 2.45) is 0 Å². The number of aromatic nitrogens is 3. The van der Waals surface area contributed by atoms with Gasteiger partial charge in [0.2, 0.25) is 0 Å². The molecule has 0 radical (unpaired) electrons. The van der Waals surface area contributed by atoms with E-state index in [1.807, 2.05) is 84.6 Å². The van der Waals surface area contributed by atoms with Crippen molar-refractivity contribution >= 4 is 22.5 Å². The van der Waals surface area contributed by atoms with E-state index in [2.05, 4.69) is 140 Å². The summed E-state index contributed by atoms with van der Waals surface area (Å²) >= 11 is 1.85. The third kappa shape index (κ3) is 5.51. The van der Waals surface area contributed by atoms with Crippen molar-refractivity contribution in [3.05, 3.63) is 234 Å². The van der Waals surface area contributed by atoms with Crippen LogP contribution in [0.5, 0.6) is 0 Å². The second-order valence-electron chi connectivity index (χ2n) is 15.8. The minimum Gasteiger partial charge on any atom is -0.208 e. The van der Waals surface area contributed by atoms with Crippen LogP contribution in [0, 0.1) is 11.3 Å². The van der Waals surface area contributed by atoms with Crippen LogP contribution in [0.1, 0.15) is 27.8 Å². The Morgan fingerprint density at radius 3 is 1.56 bits per heavy atom. The molecular formula is C57H34N4S. The standard InChI is InChI=1S/C57H34N4S/c58-35-36-26-28-37(29-27-36)42-21-13-24-49-53(42)62-51-25-12-11-23-48(51)57(49)47-22-10-9-20-45(47)52-44-19-8-7-18-43(44)46(34-50(52)57)38-30-32-41(33-31-38)56-60-54(39-14-3-1-4-15-39)59-55(61-56)40-16-5-2-6-17-40/h1-34H. The molecule has 12 rings (SSSR count). The zero-order chi connectivity index (χ0) is 41.2. The number of nitrogens with zero attached hydrogens (tertiary/aromatic N) is 4. The van der Waals surface area contributed by atoms with E-state index < -0.39 is 5.41 Å². The van der Waals surface area contributed by atoms with Gasteiger partial charge in [0.05, 0.1) is 17.0 Å². The Kier molecular flexibility index (Phi) is 8.35. The average Bonchev–Trinajstić information content (AvgIpc) is 3.64. The van der Waals surface area contributed by atoms with Crippen LogP contribution in [0.2, 0.25) is 0 Å². The highest BCUT2D eigenvalue weighted by molar-refractivity contribution is 7.99. The first kappa shape index (κ1) is 36.0. The van der Waals surface area contributed by atoms with E-state index in [4.69, 9.17) is 15.0 Å². The molecule has 4 nitrogen and oxygen atoms in total. The van der Waals surface area contributed by atoms with Crippen molar-refractivity contribution in [2.45, 2.75) is 15.2 Å². The lowest BCUT2D eigenvalue weighted by molar-refractivity contribution is 0.724. The Morgan fingerprint density at radius 1 is 0.387 bits per heavy atom. The van der Waals surface area contributed by atoms with E-state index in [1.54, 1.807) is 0 Å². The molecule has 0 saturated heterocycles. The molecule has 1 atom stereocenters. The summed E-state index contributed by atoms with van der Waals surface area (Å²) in [5, 5.41) is 12.0. The molecule has 62 heavy (non-hydrogen) atoms. The lowest BCUT2D eigenvalue weighted by Crippen LogP contribution is -2.32. The zero-order valence-corrected chi connectivity index (χ0v) is 34.1. The molecule has 10 aromatic rings. The fraction of sp³-hybridized carbons (Fsp3) is 0.0175. The quantitative estimate of drug-likeness (QED) is 0.173. The van der Waals surface area contributed by atoms with Crippen LogP contribution in [-0.2, 0) is 5.41 Å². The highest BCUT2D eigenvalue weighted by atomic mass is 32.2. The number of hydrogen-bond donors (Lipinski definition) is 0. The molecule has 1 aromatic heterocycles. The minimum atomic E-state index is -0.586. The predicted molar refractivity (Wildman–Crippen MR) is 251 cm³/mol. The van der Waals surface area contributed by atoms with Gasteiger partial charge >= 0.3 is 0 Å². The molecule has 1 spiro atoms. The zero-order valence-electron chi connectivity index (χ0n) is 33.3. The van der Waals surface area contributed by atoms with E-state index in [0.717, 1.165) is 33.4 Å². The normalized spacial score (nSPS) is 14.4. The molecule has 2 aliphatic rings. The summed E-state index contributed by atoms with van der Waals surface area (Å²) in [5.41, 5.74) is 15.1. The van der Waals surface area contributed by atoms with Crippen LogP contribution in [-0.4, -0.2) is 15.0 Å². The van der Waals surface area contributed by atoms with Gasteiger partial charge in [0, 0.05) is 26.5 Å². The number of fused-ring (bicyclic) bond motifs is 11. The molecule has 1 unspecified atom stereocenters. The number of hydrogen-bond acceptors (Lipinski definition) is 5. The van der Waals surface area contributed by atoms with Gasteiger partial charge in [-0.1, -0.05) is 194 Å². The smallest absolute Gasteiger partial charge is 0.164 e. The Labute approximate surface area is 363 Å². The van der Waals surface area contributed by atoms with Crippen molar-refractivity contribution < 1.29 is 0 Å². The monoisotopic (exact) mass is 806 g/mol. The molecule has 0 bridgehead atoms. The number of benzene rings is 9. The van der Waals surface area contributed by atoms with Gasteiger partial charge in [0.15, 0.2) is 17.5 Å². The fourth-order valence-electron chi connectivity index (χ4n) is 9.70. The summed E-state index contributed by atoms with van der Waals surface area (Å²) < 4.78 is 0. The summed E-state index contributed by atoms with van der Waals surface area (Å²) in [4.78, 5) is 17.4. The van der Waals surface area contributed by atoms with E-state index in [9.17, 15) is 5.26 Å². The molecule has 288 valence electrons. The first-order valence-electron chi connectivity index (χ1n) is 20.7. The molecular weight excluding hydrogens is 773 g/mol. The number of rotatable bonds is 5. The van der Waals surface area contributed by atoms with E-state index in [1.165, 1.54) is 59.5 Å². The van der Waals surface area contributed by atoms with Crippen molar-refractivity contribution in [1.82, 2.24) is 15.0 Å². The SMILES string of the molecule is N#Cc1ccc(-c2cccc3c2Sc2ccccc2C32c3ccccc3-c3c2cc(-c2ccc(-c4nc(-c5ccccc5)nc(-c5ccccc5)n4)cc2)c2ccccc32)cc1. The van der Waals surface area contributed by atoms with Gasteiger partial charge in [-0.2, -0.15) is 5.26 Å². The largest absolute Gasteiger partial charge is 0.208 e. The molecule has 5 heteroatoms. The third-order valence-corrected chi connectivity index (χ3v) is 13.7. The lowest BCUT2D eigenvalue weighted by atomic mass is 9.66. The molecule has 1 aliphatic carbocycles. The molecule has 1 aliphatic heterocycles.